The molecule has 1 saturated carbocycles. The highest BCUT2D eigenvalue weighted by molar-refractivity contribution is 6.03. The molecule has 0 spiro atoms. The zero-order valence-corrected chi connectivity index (χ0v) is 32.0. The first-order valence-corrected chi connectivity index (χ1v) is 19.2. The van der Waals surface area contributed by atoms with Crippen molar-refractivity contribution in [3.8, 4) is 17.2 Å². The molecular formula is C44H51FN2O9. The average molecular weight is 771 g/mol. The van der Waals surface area contributed by atoms with Crippen molar-refractivity contribution in [1.82, 2.24) is 4.90 Å². The number of ether oxygens (including phenoxy) is 4. The van der Waals surface area contributed by atoms with Gasteiger partial charge in [0.1, 0.15) is 42.5 Å². The van der Waals surface area contributed by atoms with Crippen LogP contribution in [0, 0.1) is 23.6 Å². The van der Waals surface area contributed by atoms with E-state index < -0.39 is 29.7 Å². The SMILES string of the molecule is C=CCOC12Oc3ccc(Oc4cccc(C=O)c4)cc3C3C(CCCCO)C(CCCCO)C=C(C(=NOC)CC1N(Cc1ccc(F)cc1)C(=O)OC)C32. The second kappa shape index (κ2) is 18.7. The summed E-state index contributed by atoms with van der Waals surface area (Å²) < 4.78 is 39.9. The Morgan fingerprint density at radius 2 is 1.77 bits per heavy atom. The molecule has 3 aromatic carbocycles. The lowest BCUT2D eigenvalue weighted by Gasteiger charge is -2.59. The molecule has 3 aliphatic rings. The normalized spacial score (nSPS) is 24.2. The van der Waals surface area contributed by atoms with Crippen molar-refractivity contribution in [3.63, 3.8) is 0 Å². The number of amides is 1. The van der Waals surface area contributed by atoms with Crippen LogP contribution in [0.1, 0.15) is 72.3 Å². The Labute approximate surface area is 327 Å². The Morgan fingerprint density at radius 3 is 2.46 bits per heavy atom. The summed E-state index contributed by atoms with van der Waals surface area (Å²) >= 11 is 0. The number of rotatable bonds is 18. The number of hydrogen-bond acceptors (Lipinski definition) is 10. The quantitative estimate of drug-likeness (QED) is 0.0572. The van der Waals surface area contributed by atoms with Gasteiger partial charge in [-0.05, 0) is 91.1 Å². The van der Waals surface area contributed by atoms with Crippen LogP contribution in [0.5, 0.6) is 17.2 Å². The number of methoxy groups -OCH3 is 1. The fraction of sp³-hybridized carbons (Fsp3) is 0.432. The lowest BCUT2D eigenvalue weighted by Crippen LogP contribution is -2.70. The predicted octanol–water partition coefficient (Wildman–Crippen LogP) is 7.96. The van der Waals surface area contributed by atoms with Crippen LogP contribution in [0.15, 0.2) is 96.2 Å². The summed E-state index contributed by atoms with van der Waals surface area (Å²) in [5.41, 5.74) is 3.55. The smallest absolute Gasteiger partial charge is 0.410 e. The second-order valence-corrected chi connectivity index (χ2v) is 14.5. The van der Waals surface area contributed by atoms with Gasteiger partial charge < -0.3 is 34.0 Å². The maximum atomic E-state index is 14.1. The Kier molecular flexibility index (Phi) is 13.6. The maximum Gasteiger partial charge on any atom is 0.410 e. The van der Waals surface area contributed by atoms with Crippen LogP contribution < -0.4 is 9.47 Å². The molecule has 1 aliphatic heterocycles. The van der Waals surface area contributed by atoms with E-state index in [1.165, 1.54) is 26.4 Å². The van der Waals surface area contributed by atoms with E-state index in [9.17, 15) is 24.2 Å². The van der Waals surface area contributed by atoms with E-state index in [4.69, 9.17) is 23.8 Å². The van der Waals surface area contributed by atoms with Crippen LogP contribution >= 0.6 is 0 Å². The molecule has 12 heteroatoms. The van der Waals surface area contributed by atoms with Crippen LogP contribution in [-0.4, -0.2) is 79.1 Å². The lowest BCUT2D eigenvalue weighted by molar-refractivity contribution is -0.256. The first-order chi connectivity index (χ1) is 27.3. The number of nitrogens with zero attached hydrogens (tertiary/aromatic N) is 2. The molecule has 1 heterocycles. The van der Waals surface area contributed by atoms with Crippen molar-refractivity contribution >= 4 is 18.1 Å². The van der Waals surface area contributed by atoms with Gasteiger partial charge in [0.25, 0.3) is 0 Å². The van der Waals surface area contributed by atoms with Gasteiger partial charge in [0.2, 0.25) is 5.79 Å². The Hall–Kier alpha value is -5.04. The number of oxime groups is 1. The molecule has 298 valence electrons. The number of benzene rings is 3. The standard InChI is InChI=1S/C44H51FN2O9/c1-4-22-54-44-40(47(43(51)52-2)27-29-14-16-32(45)17-15-29)26-38(46-53-3)36-24-31(11-5-7-20-48)35(13-6-8-21-49)41(42(36)44)37-25-34(18-19-39(37)56-44)55-33-12-9-10-30(23-33)28-50/h4,9-10,12,14-19,23-25,28,31,35,40-42,48-49H,1,5-8,11,13,20-22,26-27H2,2-3H3. The van der Waals surface area contributed by atoms with Gasteiger partial charge in [-0.3, -0.25) is 9.69 Å². The number of carbonyl (C=O) groups excluding carboxylic acids is 2. The van der Waals surface area contributed by atoms with Crippen molar-refractivity contribution < 1.29 is 48.0 Å². The molecule has 6 unspecified atom stereocenters. The second-order valence-electron chi connectivity index (χ2n) is 14.5. The molecule has 1 fully saturated rings. The van der Waals surface area contributed by atoms with Crippen LogP contribution in [0.3, 0.4) is 0 Å². The molecule has 2 aliphatic carbocycles. The third-order valence-corrected chi connectivity index (χ3v) is 11.1. The van der Waals surface area contributed by atoms with E-state index in [0.717, 1.165) is 43.1 Å². The molecule has 11 nitrogen and oxygen atoms in total. The first-order valence-electron chi connectivity index (χ1n) is 19.2. The van der Waals surface area contributed by atoms with Gasteiger partial charge in [0.05, 0.1) is 25.3 Å². The third kappa shape index (κ3) is 8.52. The Balaban J connectivity index is 1.58. The number of fused-ring (bicyclic) bond motifs is 2. The number of aldehydes is 1. The minimum absolute atomic E-state index is 0.00297. The minimum atomic E-state index is -1.50. The average Bonchev–Trinajstić information content (AvgIpc) is 3.21. The molecule has 0 radical (unpaired) electrons. The van der Waals surface area contributed by atoms with E-state index in [1.807, 2.05) is 12.1 Å². The summed E-state index contributed by atoms with van der Waals surface area (Å²) in [5, 5.41) is 24.2. The van der Waals surface area contributed by atoms with Gasteiger partial charge in [0, 0.05) is 43.2 Å². The van der Waals surface area contributed by atoms with Gasteiger partial charge in [-0.2, -0.15) is 0 Å². The van der Waals surface area contributed by atoms with Crippen LogP contribution in [0.25, 0.3) is 0 Å². The third-order valence-electron chi connectivity index (χ3n) is 11.1. The summed E-state index contributed by atoms with van der Waals surface area (Å²) in [4.78, 5) is 32.6. The van der Waals surface area contributed by atoms with E-state index in [2.05, 4.69) is 17.8 Å². The highest BCUT2D eigenvalue weighted by atomic mass is 19.1. The monoisotopic (exact) mass is 770 g/mol. The summed E-state index contributed by atoms with van der Waals surface area (Å²) in [6.45, 7) is 4.25. The number of unbranched alkanes of at least 4 members (excludes halogenated alkanes) is 2. The first kappa shape index (κ1) is 40.6. The van der Waals surface area contributed by atoms with Crippen molar-refractivity contribution in [1.29, 1.82) is 0 Å². The number of halogens is 1. The van der Waals surface area contributed by atoms with Crippen molar-refractivity contribution in [2.24, 2.45) is 22.9 Å². The molecule has 0 aromatic heterocycles. The van der Waals surface area contributed by atoms with Gasteiger partial charge in [-0.25, -0.2) is 9.18 Å². The largest absolute Gasteiger partial charge is 0.459 e. The van der Waals surface area contributed by atoms with E-state index in [1.54, 1.807) is 53.4 Å². The number of carbonyl (C=O) groups is 2. The van der Waals surface area contributed by atoms with Crippen LogP contribution in [0.4, 0.5) is 9.18 Å². The Bertz CT molecular complexity index is 1900. The molecule has 0 saturated heterocycles. The molecule has 2 N–H and O–H groups in total. The predicted molar refractivity (Wildman–Crippen MR) is 208 cm³/mol. The Morgan fingerprint density at radius 1 is 1.02 bits per heavy atom. The molecule has 56 heavy (non-hydrogen) atoms. The lowest BCUT2D eigenvalue weighted by atomic mass is 9.55. The molecule has 1 amide bonds. The highest BCUT2D eigenvalue weighted by Crippen LogP contribution is 2.62. The molecule has 3 aromatic rings. The van der Waals surface area contributed by atoms with E-state index in [0.29, 0.717) is 46.9 Å². The number of aliphatic hydroxyl groups excluding tert-OH is 2. The van der Waals surface area contributed by atoms with Gasteiger partial charge in [-0.1, -0.05) is 54.4 Å². The molecule has 0 bridgehead atoms. The highest BCUT2D eigenvalue weighted by Gasteiger charge is 2.65. The summed E-state index contributed by atoms with van der Waals surface area (Å²) in [5.74, 6) is -1.06. The van der Waals surface area contributed by atoms with E-state index in [-0.39, 0.29) is 50.5 Å². The summed E-state index contributed by atoms with van der Waals surface area (Å²) in [6, 6.07) is 17.7. The van der Waals surface area contributed by atoms with Gasteiger partial charge in [-0.15, -0.1) is 6.58 Å². The van der Waals surface area contributed by atoms with Crippen LogP contribution in [0.2, 0.25) is 0 Å². The topological polar surface area (TPSA) is 136 Å². The number of aliphatic hydroxyl groups is 2. The van der Waals surface area contributed by atoms with Gasteiger partial charge >= 0.3 is 6.09 Å². The summed E-state index contributed by atoms with van der Waals surface area (Å²) in [6.07, 6.45) is 8.61. The fourth-order valence-electron chi connectivity index (χ4n) is 8.82. The van der Waals surface area contributed by atoms with Gasteiger partial charge in [0.15, 0.2) is 0 Å². The molecule has 6 atom stereocenters. The molecule has 6 rings (SSSR count). The number of allylic oxidation sites excluding steroid dienone is 1. The molecular weight excluding hydrogens is 719 g/mol. The minimum Gasteiger partial charge on any atom is -0.459 e. The zero-order chi connectivity index (χ0) is 39.7. The summed E-state index contributed by atoms with van der Waals surface area (Å²) in [7, 11) is 2.80. The fourth-order valence-corrected chi connectivity index (χ4v) is 8.82. The van der Waals surface area contributed by atoms with Crippen molar-refractivity contribution in [3.05, 3.63) is 114 Å². The zero-order valence-electron chi connectivity index (χ0n) is 32.0. The van der Waals surface area contributed by atoms with E-state index >= 15 is 0 Å². The van der Waals surface area contributed by atoms with Crippen LogP contribution in [-0.2, 0) is 20.9 Å². The number of hydrogen-bond donors (Lipinski definition) is 2. The maximum absolute atomic E-state index is 14.1. The van der Waals surface area contributed by atoms with Crippen molar-refractivity contribution in [2.45, 2.75) is 69.2 Å². The van der Waals surface area contributed by atoms with Crippen molar-refractivity contribution in [2.75, 3.05) is 34.0 Å².